The summed E-state index contributed by atoms with van der Waals surface area (Å²) in [6.07, 6.45) is 4.09. The molecule has 3 aliphatic rings. The predicted molar refractivity (Wildman–Crippen MR) is 97.9 cm³/mol. The summed E-state index contributed by atoms with van der Waals surface area (Å²) in [6.45, 7) is 1.18. The lowest BCUT2D eigenvalue weighted by Gasteiger charge is -2.46. The molecule has 0 unspecified atom stereocenters. The van der Waals surface area contributed by atoms with Gasteiger partial charge < -0.3 is 9.88 Å². The molecule has 2 aromatic rings. The molecule has 5 rings (SSSR count). The molecule has 7 nitrogen and oxygen atoms in total. The van der Waals surface area contributed by atoms with Gasteiger partial charge in [-0.15, -0.1) is 0 Å². The van der Waals surface area contributed by atoms with E-state index in [1.54, 1.807) is 0 Å². The molecule has 2 aliphatic heterocycles. The molecular formula is C18H22N4O3S. The summed E-state index contributed by atoms with van der Waals surface area (Å²) >= 11 is 0. The van der Waals surface area contributed by atoms with E-state index in [-0.39, 0.29) is 12.5 Å². The average molecular weight is 374 g/mol. The van der Waals surface area contributed by atoms with E-state index in [1.807, 2.05) is 0 Å². The minimum Gasteiger partial charge on any atom is -0.361 e. The van der Waals surface area contributed by atoms with Gasteiger partial charge in [-0.2, -0.15) is 12.7 Å². The number of carbonyl (C=O) groups is 1. The Morgan fingerprint density at radius 3 is 2.92 bits per heavy atom. The molecule has 1 aliphatic carbocycles. The highest BCUT2D eigenvalue weighted by atomic mass is 32.2. The van der Waals surface area contributed by atoms with E-state index in [9.17, 15) is 13.2 Å². The summed E-state index contributed by atoms with van der Waals surface area (Å²) < 4.78 is 27.5. The molecule has 0 spiro atoms. The fourth-order valence-electron chi connectivity index (χ4n) is 5.12. The van der Waals surface area contributed by atoms with Crippen molar-refractivity contribution >= 4 is 27.0 Å². The van der Waals surface area contributed by atoms with Crippen LogP contribution in [0.3, 0.4) is 0 Å². The molecule has 2 fully saturated rings. The zero-order valence-electron chi connectivity index (χ0n) is 14.6. The molecule has 3 heterocycles. The third kappa shape index (κ3) is 2.39. The van der Waals surface area contributed by atoms with Crippen molar-refractivity contribution in [1.29, 1.82) is 0 Å². The van der Waals surface area contributed by atoms with E-state index >= 15 is 0 Å². The Kier molecular flexibility index (Phi) is 3.47. The first-order valence-electron chi connectivity index (χ1n) is 9.02. The third-order valence-electron chi connectivity index (χ3n) is 6.18. The van der Waals surface area contributed by atoms with Gasteiger partial charge in [-0.1, -0.05) is 12.1 Å². The molecule has 2 N–H and O–H groups in total. The Hall–Kier alpha value is -1.90. The van der Waals surface area contributed by atoms with Crippen LogP contribution in [0, 0.1) is 5.92 Å². The number of hydrogen-bond acceptors (Lipinski definition) is 4. The molecule has 1 amide bonds. The van der Waals surface area contributed by atoms with Gasteiger partial charge in [0.15, 0.2) is 0 Å². The van der Waals surface area contributed by atoms with Crippen molar-refractivity contribution < 1.29 is 13.2 Å². The topological polar surface area (TPSA) is 85.5 Å². The van der Waals surface area contributed by atoms with Gasteiger partial charge in [-0.05, 0) is 43.0 Å². The third-order valence-corrected chi connectivity index (χ3v) is 7.62. The first-order chi connectivity index (χ1) is 12.4. The molecule has 138 valence electrons. The highest BCUT2D eigenvalue weighted by Gasteiger charge is 2.42. The zero-order chi connectivity index (χ0) is 18.1. The van der Waals surface area contributed by atoms with Crippen LogP contribution < -0.4 is 4.72 Å². The average Bonchev–Trinajstić information content (AvgIpc) is 3.10. The standard InChI is InChI=1S/C18H22N4O3S/c1-21-8-11(9-22-10-17(23)20-26(22,24)25)5-14-13-3-2-4-15-18(13)12(7-19-15)6-16(14)21/h2-4,7,11,14,16,19H,5-6,8-10H2,1H3,(H,20,23)/t11-,14-,16-/m1/s1. The lowest BCUT2D eigenvalue weighted by molar-refractivity contribution is -0.118. The van der Waals surface area contributed by atoms with Crippen molar-refractivity contribution in [2.75, 3.05) is 26.7 Å². The summed E-state index contributed by atoms with van der Waals surface area (Å²) in [6, 6.07) is 6.86. The van der Waals surface area contributed by atoms with Gasteiger partial charge in [0.1, 0.15) is 0 Å². The van der Waals surface area contributed by atoms with E-state index in [1.165, 1.54) is 26.3 Å². The van der Waals surface area contributed by atoms with Crippen molar-refractivity contribution in [2.45, 2.75) is 24.8 Å². The number of nitrogens with one attached hydrogen (secondary N) is 2. The lowest BCUT2D eigenvalue weighted by Crippen LogP contribution is -2.50. The molecule has 0 bridgehead atoms. The molecular weight excluding hydrogens is 352 g/mol. The van der Waals surface area contributed by atoms with Crippen LogP contribution in [-0.4, -0.2) is 61.2 Å². The number of aromatic nitrogens is 1. The first-order valence-corrected chi connectivity index (χ1v) is 10.5. The van der Waals surface area contributed by atoms with Crippen LogP contribution in [0.4, 0.5) is 0 Å². The minimum atomic E-state index is -3.65. The van der Waals surface area contributed by atoms with Gasteiger partial charge in [-0.25, -0.2) is 4.72 Å². The molecule has 1 aromatic heterocycles. The maximum Gasteiger partial charge on any atom is 0.304 e. The number of rotatable bonds is 2. The van der Waals surface area contributed by atoms with Crippen molar-refractivity contribution in [2.24, 2.45) is 5.92 Å². The number of likely N-dealkylation sites (tertiary alicyclic amines) is 1. The number of H-pyrrole nitrogens is 1. The number of aromatic amines is 1. The molecule has 3 atom stereocenters. The van der Waals surface area contributed by atoms with Gasteiger partial charge in [-0.3, -0.25) is 4.79 Å². The zero-order valence-corrected chi connectivity index (χ0v) is 15.4. The second kappa shape index (κ2) is 5.55. The second-order valence-electron chi connectivity index (χ2n) is 7.83. The highest BCUT2D eigenvalue weighted by Crippen LogP contribution is 2.44. The fraction of sp³-hybridized carbons (Fsp3) is 0.500. The van der Waals surface area contributed by atoms with Crippen LogP contribution >= 0.6 is 0 Å². The molecule has 8 heteroatoms. The highest BCUT2D eigenvalue weighted by molar-refractivity contribution is 7.88. The normalized spacial score (nSPS) is 31.1. The van der Waals surface area contributed by atoms with Crippen molar-refractivity contribution in [3.05, 3.63) is 35.5 Å². The maximum absolute atomic E-state index is 12.1. The van der Waals surface area contributed by atoms with E-state index in [2.05, 4.69) is 46.0 Å². The van der Waals surface area contributed by atoms with E-state index < -0.39 is 16.1 Å². The van der Waals surface area contributed by atoms with Crippen LogP contribution in [0.25, 0.3) is 10.9 Å². The quantitative estimate of drug-likeness (QED) is 0.814. The summed E-state index contributed by atoms with van der Waals surface area (Å²) in [5.74, 6) is 0.158. The predicted octanol–water partition coefficient (Wildman–Crippen LogP) is 0.805. The number of amides is 1. The Labute approximate surface area is 152 Å². The first kappa shape index (κ1) is 16.3. The Morgan fingerprint density at radius 1 is 1.31 bits per heavy atom. The number of nitrogens with zero attached hydrogens (tertiary/aromatic N) is 2. The Morgan fingerprint density at radius 2 is 2.15 bits per heavy atom. The number of fused-ring (bicyclic) bond motifs is 2. The summed E-state index contributed by atoms with van der Waals surface area (Å²) in [5, 5.41) is 1.34. The number of hydrogen-bond donors (Lipinski definition) is 2. The van der Waals surface area contributed by atoms with Crippen molar-refractivity contribution in [3.63, 3.8) is 0 Å². The summed E-state index contributed by atoms with van der Waals surface area (Å²) in [4.78, 5) is 17.2. The fourth-order valence-corrected chi connectivity index (χ4v) is 6.30. The van der Waals surface area contributed by atoms with Gasteiger partial charge in [0.2, 0.25) is 5.91 Å². The molecule has 2 saturated heterocycles. The van der Waals surface area contributed by atoms with Gasteiger partial charge in [0.25, 0.3) is 0 Å². The largest absolute Gasteiger partial charge is 0.361 e. The van der Waals surface area contributed by atoms with E-state index in [0.717, 1.165) is 19.4 Å². The lowest BCUT2D eigenvalue weighted by atomic mass is 9.72. The summed E-state index contributed by atoms with van der Waals surface area (Å²) in [5.41, 5.74) is 3.92. The van der Waals surface area contributed by atoms with E-state index in [0.29, 0.717) is 18.5 Å². The van der Waals surface area contributed by atoms with Crippen molar-refractivity contribution in [1.82, 2.24) is 18.9 Å². The second-order valence-corrected chi connectivity index (χ2v) is 9.50. The number of carbonyl (C=O) groups excluding carboxylic acids is 1. The van der Waals surface area contributed by atoms with Gasteiger partial charge in [0, 0.05) is 42.1 Å². The van der Waals surface area contributed by atoms with Crippen LogP contribution in [0.2, 0.25) is 0 Å². The monoisotopic (exact) mass is 374 g/mol. The van der Waals surface area contributed by atoms with Crippen LogP contribution in [-0.2, 0) is 21.4 Å². The molecule has 1 aromatic carbocycles. The maximum atomic E-state index is 12.1. The van der Waals surface area contributed by atoms with Crippen molar-refractivity contribution in [3.8, 4) is 0 Å². The van der Waals surface area contributed by atoms with Gasteiger partial charge >= 0.3 is 10.2 Å². The molecule has 0 saturated carbocycles. The Bertz CT molecular complexity index is 999. The number of piperidine rings is 1. The molecule has 0 radical (unpaired) electrons. The van der Waals surface area contributed by atoms with Crippen LogP contribution in [0.5, 0.6) is 0 Å². The Balaban J connectivity index is 1.45. The summed E-state index contributed by atoms with van der Waals surface area (Å²) in [7, 11) is -1.52. The number of likely N-dealkylation sites (N-methyl/N-ethyl adjacent to an activating group) is 1. The number of benzene rings is 1. The molecule has 26 heavy (non-hydrogen) atoms. The van der Waals surface area contributed by atoms with E-state index in [4.69, 9.17) is 0 Å². The minimum absolute atomic E-state index is 0.0613. The van der Waals surface area contributed by atoms with Crippen LogP contribution in [0.15, 0.2) is 24.4 Å². The smallest absolute Gasteiger partial charge is 0.304 e. The van der Waals surface area contributed by atoms with Gasteiger partial charge in [0.05, 0.1) is 6.54 Å². The van der Waals surface area contributed by atoms with Crippen LogP contribution in [0.1, 0.15) is 23.5 Å². The SMILES string of the molecule is CN1C[C@H](CN2CC(=O)NS2(=O)=O)C[C@@H]2c3cccc4[nH]cc(c34)C[C@H]21.